The molecule has 1 saturated heterocycles. The van der Waals surface area contributed by atoms with Crippen LogP contribution in [0.15, 0.2) is 0 Å². The van der Waals surface area contributed by atoms with Crippen molar-refractivity contribution in [2.75, 3.05) is 0 Å². The average molecular weight is 330 g/mol. The Balaban J connectivity index is 0. The molecule has 3 atom stereocenters. The van der Waals surface area contributed by atoms with E-state index in [0.29, 0.717) is 6.42 Å². The molecule has 0 radical (unpaired) electrons. The topological polar surface area (TPSA) is 46.6 Å². The van der Waals surface area contributed by atoms with Gasteiger partial charge in [0.1, 0.15) is 11.4 Å². The highest BCUT2D eigenvalue weighted by Crippen LogP contribution is 2.26. The first kappa shape index (κ1) is 24.2. The smallest absolute Gasteiger partial charge is 0.410 e. The summed E-state index contributed by atoms with van der Waals surface area (Å²) >= 11 is 0. The molecule has 0 N–H and O–H groups in total. The lowest BCUT2D eigenvalue weighted by molar-refractivity contribution is -0.129. The fourth-order valence-electron chi connectivity index (χ4n) is 2.15. The van der Waals surface area contributed by atoms with E-state index < -0.39 is 5.60 Å². The predicted molar refractivity (Wildman–Crippen MR) is 97.7 cm³/mol. The van der Waals surface area contributed by atoms with Crippen LogP contribution in [0.2, 0.25) is 0 Å². The van der Waals surface area contributed by atoms with E-state index in [1.165, 1.54) is 12.8 Å². The Kier molecular flexibility index (Phi) is 12.1. The summed E-state index contributed by atoms with van der Waals surface area (Å²) in [5.74, 6) is 0.114. The normalized spacial score (nSPS) is 24.0. The minimum atomic E-state index is -0.499. The number of nitrogens with zero attached hydrogens (tertiary/aromatic N) is 1. The number of carbonyl (C=O) groups excluding carboxylic acids is 2. The molecule has 1 heterocycles. The van der Waals surface area contributed by atoms with Crippen LogP contribution >= 0.6 is 0 Å². The van der Waals surface area contributed by atoms with E-state index in [4.69, 9.17) is 4.74 Å². The molecule has 23 heavy (non-hydrogen) atoms. The number of Topliss-reactive ketones (excluding diaryl/α,β-unsaturated/α-hetero) is 1. The number of rotatable bonds is 0. The van der Waals surface area contributed by atoms with Crippen molar-refractivity contribution in [3.63, 3.8) is 0 Å². The Morgan fingerprint density at radius 3 is 1.83 bits per heavy atom. The van der Waals surface area contributed by atoms with Gasteiger partial charge in [0, 0.05) is 24.4 Å². The Morgan fingerprint density at radius 1 is 1.09 bits per heavy atom. The van der Waals surface area contributed by atoms with E-state index in [-0.39, 0.29) is 29.9 Å². The van der Waals surface area contributed by atoms with E-state index in [2.05, 4.69) is 27.7 Å². The molecule has 1 aliphatic rings. The third-order valence-electron chi connectivity index (χ3n) is 3.25. The van der Waals surface area contributed by atoms with Gasteiger partial charge >= 0.3 is 6.09 Å². The first-order valence-corrected chi connectivity index (χ1v) is 9.00. The molecule has 1 aliphatic heterocycles. The minimum Gasteiger partial charge on any atom is -0.444 e. The van der Waals surface area contributed by atoms with Crippen LogP contribution in [-0.4, -0.2) is 34.5 Å². The zero-order valence-corrected chi connectivity index (χ0v) is 17.0. The summed E-state index contributed by atoms with van der Waals surface area (Å²) in [7, 11) is 0. The second-order valence-electron chi connectivity index (χ2n) is 7.35. The van der Waals surface area contributed by atoms with Gasteiger partial charge in [0.15, 0.2) is 0 Å². The molecule has 0 aliphatic carbocycles. The minimum absolute atomic E-state index is 0.0800. The number of piperidine rings is 1. The predicted octanol–water partition coefficient (Wildman–Crippen LogP) is 5.44. The standard InChI is InChI=1S/C13H23NO3.2C3H8/c1-8-7-11(15)9(2)10(3)14(8)12(16)17-13(4,5)6;2*1-3-2/h8-10H,7H2,1-6H3;2*3H2,1-2H3/t8?,9-,10?;;/m0../s1. The van der Waals surface area contributed by atoms with Gasteiger partial charge in [-0.15, -0.1) is 0 Å². The van der Waals surface area contributed by atoms with Gasteiger partial charge in [-0.1, -0.05) is 47.5 Å². The van der Waals surface area contributed by atoms with Crippen LogP contribution < -0.4 is 0 Å². The number of carbonyl (C=O) groups is 2. The number of ether oxygens (including phenoxy) is 1. The van der Waals surface area contributed by atoms with Gasteiger partial charge in [-0.25, -0.2) is 4.79 Å². The highest BCUT2D eigenvalue weighted by Gasteiger charge is 2.39. The molecule has 0 bridgehead atoms. The van der Waals surface area contributed by atoms with E-state index >= 15 is 0 Å². The van der Waals surface area contributed by atoms with E-state index in [0.717, 1.165) is 0 Å². The van der Waals surface area contributed by atoms with Crippen LogP contribution in [-0.2, 0) is 9.53 Å². The Bertz CT molecular complexity index is 345. The summed E-state index contributed by atoms with van der Waals surface area (Å²) < 4.78 is 5.38. The molecule has 4 nitrogen and oxygen atoms in total. The molecule has 1 fully saturated rings. The molecule has 0 aromatic rings. The van der Waals surface area contributed by atoms with E-state index in [1.807, 2.05) is 41.5 Å². The van der Waals surface area contributed by atoms with Crippen molar-refractivity contribution in [3.8, 4) is 0 Å². The molecule has 0 aromatic carbocycles. The van der Waals surface area contributed by atoms with Gasteiger partial charge in [-0.3, -0.25) is 4.79 Å². The third kappa shape index (κ3) is 9.62. The van der Waals surface area contributed by atoms with Gasteiger partial charge in [0.05, 0.1) is 0 Å². The van der Waals surface area contributed by atoms with Crippen molar-refractivity contribution in [1.29, 1.82) is 0 Å². The van der Waals surface area contributed by atoms with Crippen LogP contribution in [0.25, 0.3) is 0 Å². The van der Waals surface area contributed by atoms with Crippen LogP contribution in [0.5, 0.6) is 0 Å². The monoisotopic (exact) mass is 329 g/mol. The van der Waals surface area contributed by atoms with Crippen molar-refractivity contribution in [3.05, 3.63) is 0 Å². The quantitative estimate of drug-likeness (QED) is 0.594. The SMILES string of the molecule is CC1CC(=O)[C@@H](C)C(C)N1C(=O)OC(C)(C)C.CCC.CCC. The first-order chi connectivity index (χ1) is 10.5. The summed E-state index contributed by atoms with van der Waals surface area (Å²) in [5.41, 5.74) is -0.499. The van der Waals surface area contributed by atoms with Gasteiger partial charge in [0.2, 0.25) is 0 Å². The molecule has 4 heteroatoms. The van der Waals surface area contributed by atoms with Gasteiger partial charge < -0.3 is 9.64 Å². The molecule has 0 saturated carbocycles. The van der Waals surface area contributed by atoms with Crippen LogP contribution in [0, 0.1) is 5.92 Å². The molecule has 138 valence electrons. The van der Waals surface area contributed by atoms with Crippen molar-refractivity contribution in [2.45, 2.75) is 106 Å². The maximum absolute atomic E-state index is 12.1. The van der Waals surface area contributed by atoms with Gasteiger partial charge in [-0.2, -0.15) is 0 Å². The van der Waals surface area contributed by atoms with Gasteiger partial charge in [0.25, 0.3) is 0 Å². The number of hydrogen-bond acceptors (Lipinski definition) is 3. The lowest BCUT2D eigenvalue weighted by atomic mass is 9.87. The Morgan fingerprint density at radius 2 is 1.48 bits per heavy atom. The fraction of sp³-hybridized carbons (Fsp3) is 0.895. The summed E-state index contributed by atoms with van der Waals surface area (Å²) in [4.78, 5) is 25.5. The lowest BCUT2D eigenvalue weighted by Gasteiger charge is -2.41. The summed E-state index contributed by atoms with van der Waals surface area (Å²) in [6.45, 7) is 19.7. The molecule has 0 spiro atoms. The summed E-state index contributed by atoms with van der Waals surface area (Å²) in [6, 6.07) is -0.176. The van der Waals surface area contributed by atoms with Crippen LogP contribution in [0.4, 0.5) is 4.79 Å². The van der Waals surface area contributed by atoms with Crippen molar-refractivity contribution >= 4 is 11.9 Å². The van der Waals surface area contributed by atoms with Crippen molar-refractivity contribution < 1.29 is 14.3 Å². The number of likely N-dealkylation sites (tertiary alicyclic amines) is 1. The maximum Gasteiger partial charge on any atom is 0.410 e. The van der Waals surface area contributed by atoms with Crippen molar-refractivity contribution in [2.24, 2.45) is 5.92 Å². The first-order valence-electron chi connectivity index (χ1n) is 9.00. The highest BCUT2D eigenvalue weighted by atomic mass is 16.6. The van der Waals surface area contributed by atoms with Gasteiger partial charge in [-0.05, 0) is 34.6 Å². The van der Waals surface area contributed by atoms with E-state index in [9.17, 15) is 9.59 Å². The molecule has 0 aromatic heterocycles. The summed E-state index contributed by atoms with van der Waals surface area (Å²) in [5, 5.41) is 0. The molecular weight excluding hydrogens is 290 g/mol. The maximum atomic E-state index is 12.1. The number of amides is 1. The largest absolute Gasteiger partial charge is 0.444 e. The summed E-state index contributed by atoms with van der Waals surface area (Å²) in [6.07, 6.45) is 2.60. The highest BCUT2D eigenvalue weighted by molar-refractivity contribution is 5.85. The second-order valence-corrected chi connectivity index (χ2v) is 7.35. The zero-order chi connectivity index (χ0) is 18.8. The molecule has 1 amide bonds. The third-order valence-corrected chi connectivity index (χ3v) is 3.25. The fourth-order valence-corrected chi connectivity index (χ4v) is 2.15. The molecular formula is C19H39NO3. The zero-order valence-electron chi connectivity index (χ0n) is 17.0. The Labute approximate surface area is 144 Å². The number of ketones is 1. The molecule has 2 unspecified atom stereocenters. The average Bonchev–Trinajstić information content (AvgIpc) is 2.35. The van der Waals surface area contributed by atoms with E-state index in [1.54, 1.807) is 4.90 Å². The lowest BCUT2D eigenvalue weighted by Crippen LogP contribution is -2.55. The van der Waals surface area contributed by atoms with Crippen molar-refractivity contribution in [1.82, 2.24) is 4.90 Å². The Hall–Kier alpha value is -1.06. The molecule has 1 rings (SSSR count). The second kappa shape index (κ2) is 11.5. The van der Waals surface area contributed by atoms with Crippen LogP contribution in [0.1, 0.15) is 88.5 Å². The number of hydrogen-bond donors (Lipinski definition) is 0. The van der Waals surface area contributed by atoms with Crippen LogP contribution in [0.3, 0.4) is 0 Å².